The van der Waals surface area contributed by atoms with Crippen molar-refractivity contribution < 1.29 is 17.2 Å². The van der Waals surface area contributed by atoms with Crippen LogP contribution in [0.3, 0.4) is 0 Å². The van der Waals surface area contributed by atoms with E-state index in [4.69, 9.17) is 0 Å². The SMILES string of the molecule is CCCCCCCCCCCCCCCCOS(=O)(=O)[O-].[Mg+2]. The molecule has 0 spiro atoms. The van der Waals surface area contributed by atoms with Gasteiger partial charge in [0.15, 0.2) is 0 Å². The summed E-state index contributed by atoms with van der Waals surface area (Å²) in [4.78, 5) is 0. The van der Waals surface area contributed by atoms with Crippen LogP contribution in [0.5, 0.6) is 0 Å². The van der Waals surface area contributed by atoms with Crippen LogP contribution in [0.4, 0.5) is 0 Å². The molecule has 0 saturated carbocycles. The number of hydrogen-bond acceptors (Lipinski definition) is 4. The molecule has 0 heterocycles. The third-order valence-corrected chi connectivity index (χ3v) is 4.18. The second-order valence-corrected chi connectivity index (χ2v) is 6.88. The third-order valence-electron chi connectivity index (χ3n) is 3.73. The molecule has 0 atom stereocenters. The van der Waals surface area contributed by atoms with E-state index in [0.717, 1.165) is 12.8 Å². The second-order valence-electron chi connectivity index (χ2n) is 5.83. The normalized spacial score (nSPS) is 11.4. The monoisotopic (exact) mass is 345 g/mol. The Balaban J connectivity index is 0. The molecule has 128 valence electrons. The first-order valence-electron chi connectivity index (χ1n) is 8.66. The summed E-state index contributed by atoms with van der Waals surface area (Å²) in [5.74, 6) is 0. The predicted molar refractivity (Wildman–Crippen MR) is 91.7 cm³/mol. The van der Waals surface area contributed by atoms with E-state index >= 15 is 0 Å². The van der Waals surface area contributed by atoms with Crippen LogP contribution in [-0.4, -0.2) is 42.6 Å². The van der Waals surface area contributed by atoms with Gasteiger partial charge in [-0.05, 0) is 6.42 Å². The van der Waals surface area contributed by atoms with E-state index in [-0.39, 0.29) is 29.7 Å². The number of hydrogen-bond donors (Lipinski definition) is 0. The van der Waals surface area contributed by atoms with Gasteiger partial charge in [-0.25, -0.2) is 8.42 Å². The largest absolute Gasteiger partial charge is 2.00 e. The van der Waals surface area contributed by atoms with E-state index < -0.39 is 10.4 Å². The first-order valence-corrected chi connectivity index (χ1v) is 10.00. The second kappa shape index (κ2) is 18.0. The van der Waals surface area contributed by atoms with E-state index in [2.05, 4.69) is 11.1 Å². The molecule has 0 aliphatic heterocycles. The Hall–Kier alpha value is 0.636. The molecular weight excluding hydrogens is 313 g/mol. The Morgan fingerprint density at radius 2 is 1.00 bits per heavy atom. The molecule has 4 nitrogen and oxygen atoms in total. The molecule has 0 aromatic rings. The minimum Gasteiger partial charge on any atom is -0.726 e. The molecule has 0 radical (unpaired) electrons. The van der Waals surface area contributed by atoms with Crippen molar-refractivity contribution in [3.8, 4) is 0 Å². The van der Waals surface area contributed by atoms with Gasteiger partial charge in [0.1, 0.15) is 0 Å². The van der Waals surface area contributed by atoms with Gasteiger partial charge in [0.25, 0.3) is 0 Å². The van der Waals surface area contributed by atoms with Gasteiger partial charge in [-0.2, -0.15) is 0 Å². The molecule has 0 fully saturated rings. The van der Waals surface area contributed by atoms with Crippen molar-refractivity contribution in [3.63, 3.8) is 0 Å². The summed E-state index contributed by atoms with van der Waals surface area (Å²) in [6.07, 6.45) is 17.4. The van der Waals surface area contributed by atoms with Gasteiger partial charge < -0.3 is 4.55 Å². The molecular formula is C16H33MgO4S+. The van der Waals surface area contributed by atoms with Gasteiger partial charge in [0.05, 0.1) is 6.61 Å². The Kier molecular flexibility index (Phi) is 20.3. The molecule has 0 aromatic carbocycles. The van der Waals surface area contributed by atoms with Crippen molar-refractivity contribution in [2.24, 2.45) is 0 Å². The van der Waals surface area contributed by atoms with Crippen molar-refractivity contribution in [2.75, 3.05) is 6.61 Å². The fourth-order valence-corrected chi connectivity index (χ4v) is 2.78. The van der Waals surface area contributed by atoms with Gasteiger partial charge in [0, 0.05) is 0 Å². The first-order chi connectivity index (χ1) is 10.1. The number of unbranched alkanes of at least 4 members (excludes halogenated alkanes) is 13. The van der Waals surface area contributed by atoms with E-state index in [1.54, 1.807) is 0 Å². The van der Waals surface area contributed by atoms with Crippen molar-refractivity contribution in [1.82, 2.24) is 0 Å². The predicted octanol–water partition coefficient (Wildman–Crippen LogP) is 4.56. The minimum absolute atomic E-state index is 0. The molecule has 22 heavy (non-hydrogen) atoms. The van der Waals surface area contributed by atoms with Crippen LogP contribution in [0.1, 0.15) is 96.8 Å². The fraction of sp³-hybridized carbons (Fsp3) is 1.00. The standard InChI is InChI=1S/C16H34O4S.Mg/c1-2-3-4-5-6-7-8-9-10-11-12-13-14-15-16-20-21(17,18)19;/h2-16H2,1H3,(H,17,18,19);/q;+2/p-1. The van der Waals surface area contributed by atoms with Gasteiger partial charge in [0.2, 0.25) is 10.4 Å². The maximum Gasteiger partial charge on any atom is 2.00 e. The van der Waals surface area contributed by atoms with Crippen molar-refractivity contribution in [3.05, 3.63) is 0 Å². The van der Waals surface area contributed by atoms with E-state index in [9.17, 15) is 13.0 Å². The van der Waals surface area contributed by atoms with Crippen LogP contribution < -0.4 is 0 Å². The molecule has 0 bridgehead atoms. The first kappa shape index (κ1) is 24.9. The van der Waals surface area contributed by atoms with Crippen molar-refractivity contribution >= 4 is 33.5 Å². The van der Waals surface area contributed by atoms with Crippen molar-refractivity contribution in [2.45, 2.75) is 96.8 Å². The Bertz CT molecular complexity index is 307. The van der Waals surface area contributed by atoms with Gasteiger partial charge >= 0.3 is 23.1 Å². The molecule has 0 saturated heterocycles. The molecule has 0 rings (SSSR count). The Labute approximate surface area is 153 Å². The molecule has 6 heteroatoms. The Morgan fingerprint density at radius 1 is 0.682 bits per heavy atom. The summed E-state index contributed by atoms with van der Waals surface area (Å²) >= 11 is 0. The average molecular weight is 346 g/mol. The van der Waals surface area contributed by atoms with Gasteiger partial charge in [-0.15, -0.1) is 0 Å². The zero-order valence-corrected chi connectivity index (χ0v) is 16.6. The summed E-state index contributed by atoms with van der Waals surface area (Å²) in [5.41, 5.74) is 0. The smallest absolute Gasteiger partial charge is 0.726 e. The fourth-order valence-electron chi connectivity index (χ4n) is 2.46. The molecule has 0 amide bonds. The van der Waals surface area contributed by atoms with Crippen LogP contribution in [0.2, 0.25) is 0 Å². The quantitative estimate of drug-likeness (QED) is 0.178. The Morgan fingerprint density at radius 3 is 1.32 bits per heavy atom. The van der Waals surface area contributed by atoms with Crippen LogP contribution in [0, 0.1) is 0 Å². The van der Waals surface area contributed by atoms with Crippen LogP contribution in [-0.2, 0) is 14.6 Å². The third kappa shape index (κ3) is 22.9. The van der Waals surface area contributed by atoms with Gasteiger partial charge in [-0.3, -0.25) is 4.18 Å². The zero-order valence-electron chi connectivity index (χ0n) is 14.4. The molecule has 0 aromatic heterocycles. The summed E-state index contributed by atoms with van der Waals surface area (Å²) < 4.78 is 34.7. The van der Waals surface area contributed by atoms with E-state index in [1.807, 2.05) is 0 Å². The van der Waals surface area contributed by atoms with E-state index in [0.29, 0.717) is 6.42 Å². The van der Waals surface area contributed by atoms with E-state index in [1.165, 1.54) is 70.6 Å². The molecule has 0 aliphatic carbocycles. The maximum absolute atomic E-state index is 10.2. The van der Waals surface area contributed by atoms with Crippen molar-refractivity contribution in [1.29, 1.82) is 0 Å². The van der Waals surface area contributed by atoms with Crippen LogP contribution in [0.25, 0.3) is 0 Å². The summed E-state index contributed by atoms with van der Waals surface area (Å²) in [6, 6.07) is 0. The van der Waals surface area contributed by atoms with Crippen LogP contribution in [0.15, 0.2) is 0 Å². The summed E-state index contributed by atoms with van der Waals surface area (Å²) in [7, 11) is -4.49. The summed E-state index contributed by atoms with van der Waals surface area (Å²) in [5, 5.41) is 0. The minimum atomic E-state index is -4.49. The van der Waals surface area contributed by atoms with Gasteiger partial charge in [-0.1, -0.05) is 90.4 Å². The van der Waals surface area contributed by atoms with Crippen LogP contribution >= 0.6 is 0 Å². The topological polar surface area (TPSA) is 66.4 Å². The molecule has 0 N–H and O–H groups in total. The zero-order chi connectivity index (χ0) is 15.8. The molecule has 0 unspecified atom stereocenters. The number of rotatable bonds is 16. The average Bonchev–Trinajstić information content (AvgIpc) is 2.42. The maximum atomic E-state index is 10.2. The summed E-state index contributed by atoms with van der Waals surface area (Å²) in [6.45, 7) is 2.28. The molecule has 0 aliphatic rings.